The van der Waals surface area contributed by atoms with Crippen molar-refractivity contribution in [3.63, 3.8) is 0 Å². The van der Waals surface area contributed by atoms with E-state index in [0.29, 0.717) is 6.54 Å². The molecule has 1 atom stereocenters. The largest absolute Gasteiger partial charge is 0.491 e. The van der Waals surface area contributed by atoms with Crippen LogP contribution < -0.4 is 10.5 Å². The Hall–Kier alpha value is -1.06. The molecule has 0 radical (unpaired) electrons. The number of benzene rings is 1. The molecule has 0 spiro atoms. The molecule has 0 aliphatic heterocycles. The minimum absolute atomic E-state index is 0.207. The highest BCUT2D eigenvalue weighted by Crippen LogP contribution is 2.25. The lowest BCUT2D eigenvalue weighted by Gasteiger charge is -2.24. The van der Waals surface area contributed by atoms with E-state index in [2.05, 4.69) is 24.0 Å². The molecule has 0 aliphatic carbocycles. The van der Waals surface area contributed by atoms with Gasteiger partial charge in [0.05, 0.1) is 6.10 Å². The Balaban J connectivity index is 2.95. The summed E-state index contributed by atoms with van der Waals surface area (Å²) in [5.41, 5.74) is 8.21. The third-order valence-corrected chi connectivity index (χ3v) is 2.79. The molecule has 0 bridgehead atoms. The standard InChI is InChI=1S/C14H24N2O/c1-10(2)17-14-7-6-12(8-11(14)3)13(9-15)16(4)5/h6-8,10,13H,9,15H2,1-5H3. The van der Waals surface area contributed by atoms with E-state index < -0.39 is 0 Å². The van der Waals surface area contributed by atoms with Gasteiger partial charge < -0.3 is 15.4 Å². The highest BCUT2D eigenvalue weighted by atomic mass is 16.5. The van der Waals surface area contributed by atoms with Crippen LogP contribution in [0.3, 0.4) is 0 Å². The molecule has 0 aliphatic rings. The molecule has 0 aromatic heterocycles. The topological polar surface area (TPSA) is 38.5 Å². The monoisotopic (exact) mass is 236 g/mol. The second-order valence-corrected chi connectivity index (χ2v) is 4.91. The molecule has 0 saturated carbocycles. The van der Waals surface area contributed by atoms with Crippen LogP contribution in [-0.2, 0) is 0 Å². The lowest BCUT2D eigenvalue weighted by atomic mass is 10.0. The zero-order valence-electron chi connectivity index (χ0n) is 11.5. The molecule has 1 aromatic carbocycles. The fraction of sp³-hybridized carbons (Fsp3) is 0.571. The van der Waals surface area contributed by atoms with E-state index in [9.17, 15) is 0 Å². The van der Waals surface area contributed by atoms with Crippen LogP contribution in [0.2, 0.25) is 0 Å². The molecule has 0 fully saturated rings. The summed E-state index contributed by atoms with van der Waals surface area (Å²) in [5, 5.41) is 0. The first kappa shape index (κ1) is 14.0. The Kier molecular flexibility index (Phi) is 4.97. The summed E-state index contributed by atoms with van der Waals surface area (Å²) in [6.07, 6.45) is 0.207. The molecule has 1 rings (SSSR count). The lowest BCUT2D eigenvalue weighted by Crippen LogP contribution is -2.27. The van der Waals surface area contributed by atoms with Gasteiger partial charge in [0.15, 0.2) is 0 Å². The predicted octanol–water partition coefficient (Wildman–Crippen LogP) is 2.34. The fourth-order valence-electron chi connectivity index (χ4n) is 1.91. The van der Waals surface area contributed by atoms with Crippen molar-refractivity contribution in [1.82, 2.24) is 4.90 Å². The van der Waals surface area contributed by atoms with Gasteiger partial charge in [0, 0.05) is 12.6 Å². The molecule has 0 saturated heterocycles. The second-order valence-electron chi connectivity index (χ2n) is 4.91. The molecule has 17 heavy (non-hydrogen) atoms. The first-order valence-electron chi connectivity index (χ1n) is 6.09. The van der Waals surface area contributed by atoms with Crippen LogP contribution in [0.15, 0.2) is 18.2 Å². The summed E-state index contributed by atoms with van der Waals surface area (Å²) in [4.78, 5) is 2.14. The van der Waals surface area contributed by atoms with Crippen molar-refractivity contribution < 1.29 is 4.74 Å². The van der Waals surface area contributed by atoms with E-state index in [0.717, 1.165) is 11.3 Å². The molecule has 3 nitrogen and oxygen atoms in total. The van der Waals surface area contributed by atoms with Gasteiger partial charge in [0.2, 0.25) is 0 Å². The number of hydrogen-bond acceptors (Lipinski definition) is 3. The fourth-order valence-corrected chi connectivity index (χ4v) is 1.91. The van der Waals surface area contributed by atoms with E-state index >= 15 is 0 Å². The number of rotatable bonds is 5. The van der Waals surface area contributed by atoms with Gasteiger partial charge in [-0.3, -0.25) is 0 Å². The minimum Gasteiger partial charge on any atom is -0.491 e. The van der Waals surface area contributed by atoms with Crippen LogP contribution in [0.5, 0.6) is 5.75 Å². The quantitative estimate of drug-likeness (QED) is 0.853. The van der Waals surface area contributed by atoms with Crippen molar-refractivity contribution in [2.75, 3.05) is 20.6 Å². The summed E-state index contributed by atoms with van der Waals surface area (Å²) in [5.74, 6) is 0.957. The van der Waals surface area contributed by atoms with Gasteiger partial charge in [-0.15, -0.1) is 0 Å². The first-order chi connectivity index (χ1) is 7.95. The normalized spacial score (nSPS) is 13.2. The van der Waals surface area contributed by atoms with E-state index in [1.165, 1.54) is 5.56 Å². The van der Waals surface area contributed by atoms with E-state index in [4.69, 9.17) is 10.5 Å². The minimum atomic E-state index is 0.207. The highest BCUT2D eigenvalue weighted by molar-refractivity contribution is 5.37. The summed E-state index contributed by atoms with van der Waals surface area (Å²) < 4.78 is 5.73. The number of hydrogen-bond donors (Lipinski definition) is 1. The van der Waals surface area contributed by atoms with Gasteiger partial charge >= 0.3 is 0 Å². The molecule has 3 heteroatoms. The Bertz CT molecular complexity index is 361. The maximum atomic E-state index is 5.80. The van der Waals surface area contributed by atoms with Gasteiger partial charge in [-0.25, -0.2) is 0 Å². The Labute approximate surface area is 105 Å². The van der Waals surface area contributed by atoms with Gasteiger partial charge in [-0.2, -0.15) is 0 Å². The van der Waals surface area contributed by atoms with E-state index in [-0.39, 0.29) is 12.1 Å². The highest BCUT2D eigenvalue weighted by Gasteiger charge is 2.13. The van der Waals surface area contributed by atoms with Gasteiger partial charge in [-0.1, -0.05) is 12.1 Å². The van der Waals surface area contributed by atoms with Crippen LogP contribution in [0.25, 0.3) is 0 Å². The van der Waals surface area contributed by atoms with Crippen molar-refractivity contribution in [2.45, 2.75) is 32.9 Å². The predicted molar refractivity (Wildman–Crippen MR) is 72.4 cm³/mol. The van der Waals surface area contributed by atoms with E-state index in [1.807, 2.05) is 34.0 Å². The van der Waals surface area contributed by atoms with Crippen LogP contribution in [-0.4, -0.2) is 31.6 Å². The molecular weight excluding hydrogens is 212 g/mol. The Morgan fingerprint density at radius 3 is 2.35 bits per heavy atom. The number of likely N-dealkylation sites (N-methyl/N-ethyl adjacent to an activating group) is 1. The van der Waals surface area contributed by atoms with Crippen molar-refractivity contribution in [3.8, 4) is 5.75 Å². The molecule has 2 N–H and O–H groups in total. The van der Waals surface area contributed by atoms with Gasteiger partial charge in [0.1, 0.15) is 5.75 Å². The van der Waals surface area contributed by atoms with Crippen molar-refractivity contribution in [1.29, 1.82) is 0 Å². The zero-order valence-corrected chi connectivity index (χ0v) is 11.5. The van der Waals surface area contributed by atoms with E-state index in [1.54, 1.807) is 0 Å². The van der Waals surface area contributed by atoms with Crippen LogP contribution >= 0.6 is 0 Å². The average Bonchev–Trinajstić information content (AvgIpc) is 2.22. The third kappa shape index (κ3) is 3.72. The molecule has 96 valence electrons. The SMILES string of the molecule is Cc1cc(C(CN)N(C)C)ccc1OC(C)C. The average molecular weight is 236 g/mol. The molecule has 0 amide bonds. The van der Waals surface area contributed by atoms with Crippen molar-refractivity contribution >= 4 is 0 Å². The molecular formula is C14H24N2O. The molecule has 0 heterocycles. The number of nitrogens with zero attached hydrogens (tertiary/aromatic N) is 1. The lowest BCUT2D eigenvalue weighted by molar-refractivity contribution is 0.240. The Morgan fingerprint density at radius 1 is 1.29 bits per heavy atom. The summed E-state index contributed by atoms with van der Waals surface area (Å²) in [6.45, 7) is 6.77. The zero-order chi connectivity index (χ0) is 13.0. The maximum absolute atomic E-state index is 5.80. The smallest absolute Gasteiger partial charge is 0.122 e. The van der Waals surface area contributed by atoms with Gasteiger partial charge in [0.25, 0.3) is 0 Å². The molecule has 1 aromatic rings. The van der Waals surface area contributed by atoms with Crippen LogP contribution in [0, 0.1) is 6.92 Å². The Morgan fingerprint density at radius 2 is 1.94 bits per heavy atom. The summed E-state index contributed by atoms with van der Waals surface area (Å²) >= 11 is 0. The van der Waals surface area contributed by atoms with Crippen molar-refractivity contribution in [2.24, 2.45) is 5.73 Å². The summed E-state index contributed by atoms with van der Waals surface area (Å²) in [7, 11) is 4.09. The maximum Gasteiger partial charge on any atom is 0.122 e. The first-order valence-corrected chi connectivity index (χ1v) is 6.09. The van der Waals surface area contributed by atoms with Crippen LogP contribution in [0.4, 0.5) is 0 Å². The third-order valence-electron chi connectivity index (χ3n) is 2.79. The molecule has 1 unspecified atom stereocenters. The second kappa shape index (κ2) is 6.03. The van der Waals surface area contributed by atoms with Crippen molar-refractivity contribution in [3.05, 3.63) is 29.3 Å². The van der Waals surface area contributed by atoms with Gasteiger partial charge in [-0.05, 0) is 52.1 Å². The number of ether oxygens (including phenoxy) is 1. The summed E-state index contributed by atoms with van der Waals surface area (Å²) in [6, 6.07) is 6.57. The van der Waals surface area contributed by atoms with Crippen LogP contribution in [0.1, 0.15) is 31.0 Å². The number of nitrogens with two attached hydrogens (primary N) is 1. The number of aryl methyl sites for hydroxylation is 1.